The first-order valence-corrected chi connectivity index (χ1v) is 7.39. The van der Waals surface area contributed by atoms with Crippen molar-refractivity contribution in [2.75, 3.05) is 19.6 Å². The molecular weight excluding hydrogens is 240 g/mol. The molecule has 2 saturated heterocycles. The van der Waals surface area contributed by atoms with Crippen LogP contribution in [-0.4, -0.2) is 46.7 Å². The number of hydrogen-bond acceptors (Lipinski definition) is 5. The standard InChI is InChI=1S/C14H24N4O/c1-11-8-17-5-3-2-4-13(17)9-18(11)10-14-6-12(7-15)16-19-14/h6,11,13H,2-5,7-10,15H2,1H3. The van der Waals surface area contributed by atoms with Gasteiger partial charge in [0.2, 0.25) is 0 Å². The molecule has 2 N–H and O–H groups in total. The SMILES string of the molecule is CC1CN2CCCCC2CN1Cc1cc(CN)no1. The molecule has 0 bridgehead atoms. The van der Waals surface area contributed by atoms with Gasteiger partial charge in [-0.15, -0.1) is 0 Å². The van der Waals surface area contributed by atoms with E-state index in [-0.39, 0.29) is 0 Å². The highest BCUT2D eigenvalue weighted by atomic mass is 16.5. The Balaban J connectivity index is 1.63. The highest BCUT2D eigenvalue weighted by Gasteiger charge is 2.33. The van der Waals surface area contributed by atoms with Crippen LogP contribution in [0.4, 0.5) is 0 Å². The molecule has 0 radical (unpaired) electrons. The second-order valence-electron chi connectivity index (χ2n) is 5.91. The third-order valence-corrected chi connectivity index (χ3v) is 4.49. The Morgan fingerprint density at radius 3 is 3.11 bits per heavy atom. The van der Waals surface area contributed by atoms with E-state index in [4.69, 9.17) is 10.3 Å². The van der Waals surface area contributed by atoms with Gasteiger partial charge in [0.1, 0.15) is 0 Å². The summed E-state index contributed by atoms with van der Waals surface area (Å²) in [7, 11) is 0. The van der Waals surface area contributed by atoms with Gasteiger partial charge in [0.15, 0.2) is 5.76 Å². The third kappa shape index (κ3) is 2.83. The molecule has 0 aliphatic carbocycles. The quantitative estimate of drug-likeness (QED) is 0.888. The lowest BCUT2D eigenvalue weighted by Crippen LogP contribution is -2.58. The predicted molar refractivity (Wildman–Crippen MR) is 73.5 cm³/mol. The molecule has 19 heavy (non-hydrogen) atoms. The summed E-state index contributed by atoms with van der Waals surface area (Å²) in [6, 6.07) is 3.31. The summed E-state index contributed by atoms with van der Waals surface area (Å²) in [6.45, 7) is 7.24. The fourth-order valence-electron chi connectivity index (χ4n) is 3.36. The van der Waals surface area contributed by atoms with Gasteiger partial charge in [-0.05, 0) is 26.3 Å². The summed E-state index contributed by atoms with van der Waals surface area (Å²) in [5.74, 6) is 0.941. The molecule has 5 heteroatoms. The largest absolute Gasteiger partial charge is 0.360 e. The zero-order valence-corrected chi connectivity index (χ0v) is 11.7. The van der Waals surface area contributed by atoms with Crippen LogP contribution in [0.15, 0.2) is 10.6 Å². The molecule has 2 unspecified atom stereocenters. The number of piperazine rings is 1. The van der Waals surface area contributed by atoms with Crippen molar-refractivity contribution in [3.05, 3.63) is 17.5 Å². The van der Waals surface area contributed by atoms with Crippen molar-refractivity contribution < 1.29 is 4.52 Å². The molecule has 2 aliphatic heterocycles. The van der Waals surface area contributed by atoms with E-state index < -0.39 is 0 Å². The lowest BCUT2D eigenvalue weighted by molar-refractivity contribution is 0.00724. The number of fused-ring (bicyclic) bond motifs is 1. The Bertz CT molecular complexity index is 419. The highest BCUT2D eigenvalue weighted by molar-refractivity contribution is 5.05. The van der Waals surface area contributed by atoms with Gasteiger partial charge in [-0.25, -0.2) is 0 Å². The second-order valence-corrected chi connectivity index (χ2v) is 5.91. The Hall–Kier alpha value is -0.910. The Labute approximate surface area is 114 Å². The van der Waals surface area contributed by atoms with E-state index >= 15 is 0 Å². The minimum atomic E-state index is 0.454. The molecule has 1 aromatic heterocycles. The molecule has 2 aliphatic rings. The van der Waals surface area contributed by atoms with E-state index in [0.29, 0.717) is 12.6 Å². The smallest absolute Gasteiger partial charge is 0.151 e. The van der Waals surface area contributed by atoms with Crippen molar-refractivity contribution >= 4 is 0 Å². The fourth-order valence-corrected chi connectivity index (χ4v) is 3.36. The van der Waals surface area contributed by atoms with Gasteiger partial charge in [-0.1, -0.05) is 11.6 Å². The van der Waals surface area contributed by atoms with Crippen molar-refractivity contribution in [3.8, 4) is 0 Å². The molecule has 3 heterocycles. The molecule has 106 valence electrons. The van der Waals surface area contributed by atoms with Crippen molar-refractivity contribution in [2.24, 2.45) is 5.73 Å². The Morgan fingerprint density at radius 1 is 1.42 bits per heavy atom. The van der Waals surface area contributed by atoms with Crippen LogP contribution >= 0.6 is 0 Å². The lowest BCUT2D eigenvalue weighted by atomic mass is 9.97. The first kappa shape index (κ1) is 13.1. The highest BCUT2D eigenvalue weighted by Crippen LogP contribution is 2.25. The zero-order valence-electron chi connectivity index (χ0n) is 11.7. The Kier molecular flexibility index (Phi) is 3.86. The summed E-state index contributed by atoms with van der Waals surface area (Å²) in [6.07, 6.45) is 4.09. The molecule has 5 nitrogen and oxygen atoms in total. The van der Waals surface area contributed by atoms with Gasteiger partial charge in [0.05, 0.1) is 12.2 Å². The molecule has 0 saturated carbocycles. The minimum absolute atomic E-state index is 0.454. The number of rotatable bonds is 3. The molecule has 2 fully saturated rings. The first-order chi connectivity index (χ1) is 9.26. The first-order valence-electron chi connectivity index (χ1n) is 7.39. The fraction of sp³-hybridized carbons (Fsp3) is 0.786. The average Bonchev–Trinajstić information content (AvgIpc) is 2.87. The maximum Gasteiger partial charge on any atom is 0.151 e. The van der Waals surface area contributed by atoms with Crippen LogP contribution in [0.5, 0.6) is 0 Å². The maximum atomic E-state index is 5.57. The second kappa shape index (κ2) is 5.61. The van der Waals surface area contributed by atoms with Crippen LogP contribution in [0.3, 0.4) is 0 Å². The average molecular weight is 264 g/mol. The van der Waals surface area contributed by atoms with Crippen LogP contribution in [0.2, 0.25) is 0 Å². The van der Waals surface area contributed by atoms with Gasteiger partial charge in [0, 0.05) is 37.8 Å². The predicted octanol–water partition coefficient (Wildman–Crippen LogP) is 1.19. The Morgan fingerprint density at radius 2 is 2.32 bits per heavy atom. The van der Waals surface area contributed by atoms with Crippen LogP contribution in [-0.2, 0) is 13.1 Å². The molecule has 0 aromatic carbocycles. The molecular formula is C14H24N4O. The van der Waals surface area contributed by atoms with E-state index in [0.717, 1.165) is 30.6 Å². The normalized spacial score (nSPS) is 29.4. The van der Waals surface area contributed by atoms with Crippen molar-refractivity contribution in [2.45, 2.75) is 51.4 Å². The van der Waals surface area contributed by atoms with Crippen molar-refractivity contribution in [1.82, 2.24) is 15.0 Å². The van der Waals surface area contributed by atoms with Crippen LogP contribution in [0.25, 0.3) is 0 Å². The number of piperidine rings is 1. The third-order valence-electron chi connectivity index (χ3n) is 4.49. The van der Waals surface area contributed by atoms with E-state index in [2.05, 4.69) is 21.9 Å². The van der Waals surface area contributed by atoms with Gasteiger partial charge < -0.3 is 10.3 Å². The van der Waals surface area contributed by atoms with Crippen LogP contribution in [0.1, 0.15) is 37.6 Å². The molecule has 2 atom stereocenters. The van der Waals surface area contributed by atoms with Gasteiger partial charge in [0.25, 0.3) is 0 Å². The van der Waals surface area contributed by atoms with E-state index in [1.807, 2.05) is 6.07 Å². The van der Waals surface area contributed by atoms with E-state index in [1.54, 1.807) is 0 Å². The summed E-state index contributed by atoms with van der Waals surface area (Å²) in [5, 5.41) is 3.97. The molecule has 0 spiro atoms. The van der Waals surface area contributed by atoms with Crippen LogP contribution in [0, 0.1) is 0 Å². The number of aromatic nitrogens is 1. The minimum Gasteiger partial charge on any atom is -0.360 e. The number of hydrogen-bond donors (Lipinski definition) is 1. The summed E-state index contributed by atoms with van der Waals surface area (Å²) < 4.78 is 5.36. The zero-order chi connectivity index (χ0) is 13.2. The molecule has 1 aromatic rings. The monoisotopic (exact) mass is 264 g/mol. The van der Waals surface area contributed by atoms with Gasteiger partial charge in [-0.3, -0.25) is 9.80 Å². The molecule has 3 rings (SSSR count). The van der Waals surface area contributed by atoms with Gasteiger partial charge >= 0.3 is 0 Å². The van der Waals surface area contributed by atoms with Crippen molar-refractivity contribution in [3.63, 3.8) is 0 Å². The molecule has 0 amide bonds. The topological polar surface area (TPSA) is 58.5 Å². The van der Waals surface area contributed by atoms with Crippen LogP contribution < -0.4 is 5.73 Å². The summed E-state index contributed by atoms with van der Waals surface area (Å²) >= 11 is 0. The summed E-state index contributed by atoms with van der Waals surface area (Å²) in [5.41, 5.74) is 6.41. The van der Waals surface area contributed by atoms with E-state index in [9.17, 15) is 0 Å². The van der Waals surface area contributed by atoms with E-state index in [1.165, 1.54) is 32.4 Å². The number of nitrogens with zero attached hydrogens (tertiary/aromatic N) is 3. The maximum absolute atomic E-state index is 5.57. The summed E-state index contributed by atoms with van der Waals surface area (Å²) in [4.78, 5) is 5.18. The lowest BCUT2D eigenvalue weighted by Gasteiger charge is -2.47. The van der Waals surface area contributed by atoms with Gasteiger partial charge in [-0.2, -0.15) is 0 Å². The number of nitrogens with two attached hydrogens (primary N) is 1. The van der Waals surface area contributed by atoms with Crippen molar-refractivity contribution in [1.29, 1.82) is 0 Å².